The van der Waals surface area contributed by atoms with Crippen LogP contribution in [0.3, 0.4) is 0 Å². The Morgan fingerprint density at radius 3 is 3.00 bits per heavy atom. The highest BCUT2D eigenvalue weighted by molar-refractivity contribution is 8.14. The van der Waals surface area contributed by atoms with E-state index < -0.39 is 0 Å². The summed E-state index contributed by atoms with van der Waals surface area (Å²) in [7, 11) is 0. The number of aryl methyl sites for hydroxylation is 1. The summed E-state index contributed by atoms with van der Waals surface area (Å²) in [6.07, 6.45) is 0. The van der Waals surface area contributed by atoms with Crippen LogP contribution in [0.1, 0.15) is 5.56 Å². The topological polar surface area (TPSA) is 24.4 Å². The summed E-state index contributed by atoms with van der Waals surface area (Å²) in [5.41, 5.74) is 1.55. The van der Waals surface area contributed by atoms with Crippen LogP contribution in [0.5, 0.6) is 0 Å². The molecule has 1 aromatic carbocycles. The summed E-state index contributed by atoms with van der Waals surface area (Å²) in [4.78, 5) is 4.26. The first-order chi connectivity index (χ1) is 6.75. The van der Waals surface area contributed by atoms with Crippen LogP contribution >= 0.6 is 11.8 Å². The van der Waals surface area contributed by atoms with Gasteiger partial charge in [-0.1, -0.05) is 11.8 Å². The average molecular weight is 210 g/mol. The Balaban J connectivity index is 2.13. The normalized spacial score (nSPS) is 15.4. The molecule has 4 heteroatoms. The highest BCUT2D eigenvalue weighted by atomic mass is 32.2. The molecule has 1 N–H and O–H groups in total. The minimum absolute atomic E-state index is 0.170. The third kappa shape index (κ3) is 2.07. The molecule has 1 aromatic rings. The van der Waals surface area contributed by atoms with Gasteiger partial charge in [-0.2, -0.15) is 0 Å². The van der Waals surface area contributed by atoms with Gasteiger partial charge in [-0.25, -0.2) is 4.39 Å². The van der Waals surface area contributed by atoms with Crippen molar-refractivity contribution in [2.24, 2.45) is 4.99 Å². The molecule has 0 saturated heterocycles. The van der Waals surface area contributed by atoms with Gasteiger partial charge in [0.15, 0.2) is 5.17 Å². The predicted molar refractivity (Wildman–Crippen MR) is 59.5 cm³/mol. The second kappa shape index (κ2) is 4.00. The average Bonchev–Trinajstić information content (AvgIpc) is 2.64. The minimum Gasteiger partial charge on any atom is -0.335 e. The fraction of sp³-hybridized carbons (Fsp3) is 0.300. The maximum Gasteiger partial charge on any atom is 0.161 e. The summed E-state index contributed by atoms with van der Waals surface area (Å²) >= 11 is 1.69. The van der Waals surface area contributed by atoms with E-state index in [1.54, 1.807) is 30.8 Å². The number of anilines is 1. The van der Waals surface area contributed by atoms with Crippen LogP contribution < -0.4 is 5.32 Å². The van der Waals surface area contributed by atoms with Gasteiger partial charge in [0.05, 0.1) is 6.54 Å². The van der Waals surface area contributed by atoms with Gasteiger partial charge in [-0.15, -0.1) is 0 Å². The highest BCUT2D eigenvalue weighted by Crippen LogP contribution is 2.18. The maximum atomic E-state index is 12.9. The molecule has 0 aliphatic carbocycles. The summed E-state index contributed by atoms with van der Waals surface area (Å²) in [6, 6.07) is 4.98. The van der Waals surface area contributed by atoms with Crippen molar-refractivity contribution in [1.82, 2.24) is 0 Å². The van der Waals surface area contributed by atoms with Crippen molar-refractivity contribution >= 4 is 22.6 Å². The number of benzene rings is 1. The summed E-state index contributed by atoms with van der Waals surface area (Å²) in [6.45, 7) is 2.62. The quantitative estimate of drug-likeness (QED) is 0.770. The predicted octanol–water partition coefficient (Wildman–Crippen LogP) is 2.65. The van der Waals surface area contributed by atoms with Gasteiger partial charge in [0, 0.05) is 11.4 Å². The molecular weight excluding hydrogens is 199 g/mol. The van der Waals surface area contributed by atoms with Crippen LogP contribution in [-0.4, -0.2) is 17.5 Å². The first-order valence-electron chi connectivity index (χ1n) is 4.46. The van der Waals surface area contributed by atoms with Crippen molar-refractivity contribution in [3.05, 3.63) is 29.6 Å². The first-order valence-corrected chi connectivity index (χ1v) is 5.45. The number of nitrogens with zero attached hydrogens (tertiary/aromatic N) is 1. The summed E-state index contributed by atoms with van der Waals surface area (Å²) < 4.78 is 12.9. The van der Waals surface area contributed by atoms with Crippen LogP contribution in [0.25, 0.3) is 0 Å². The Kier molecular flexibility index (Phi) is 2.72. The van der Waals surface area contributed by atoms with E-state index in [1.165, 1.54) is 6.07 Å². The SMILES string of the molecule is Cc1cc(NC2=NCCS2)ccc1F. The molecule has 0 bridgehead atoms. The highest BCUT2D eigenvalue weighted by Gasteiger charge is 2.07. The Hall–Kier alpha value is -1.03. The largest absolute Gasteiger partial charge is 0.335 e. The van der Waals surface area contributed by atoms with E-state index in [1.807, 2.05) is 0 Å². The molecule has 0 amide bonds. The van der Waals surface area contributed by atoms with Gasteiger partial charge < -0.3 is 5.32 Å². The molecule has 0 unspecified atom stereocenters. The van der Waals surface area contributed by atoms with Crippen LogP contribution in [0, 0.1) is 12.7 Å². The molecule has 0 spiro atoms. The Morgan fingerprint density at radius 1 is 1.50 bits per heavy atom. The molecule has 1 heterocycles. The van der Waals surface area contributed by atoms with Crippen LogP contribution in [0.15, 0.2) is 23.2 Å². The monoisotopic (exact) mass is 210 g/mol. The van der Waals surface area contributed by atoms with Gasteiger partial charge in [0.2, 0.25) is 0 Å². The smallest absolute Gasteiger partial charge is 0.161 e. The van der Waals surface area contributed by atoms with Crippen molar-refractivity contribution in [3.8, 4) is 0 Å². The Morgan fingerprint density at radius 2 is 2.36 bits per heavy atom. The van der Waals surface area contributed by atoms with E-state index in [9.17, 15) is 4.39 Å². The molecule has 1 aliphatic heterocycles. The van der Waals surface area contributed by atoms with Crippen molar-refractivity contribution < 1.29 is 4.39 Å². The number of amidine groups is 1. The van der Waals surface area contributed by atoms with E-state index in [0.29, 0.717) is 5.56 Å². The van der Waals surface area contributed by atoms with E-state index >= 15 is 0 Å². The Bertz CT molecular complexity index is 376. The molecule has 0 aromatic heterocycles. The van der Waals surface area contributed by atoms with E-state index in [0.717, 1.165) is 23.2 Å². The van der Waals surface area contributed by atoms with E-state index in [-0.39, 0.29) is 5.82 Å². The minimum atomic E-state index is -0.170. The fourth-order valence-corrected chi connectivity index (χ4v) is 2.01. The van der Waals surface area contributed by atoms with E-state index in [4.69, 9.17) is 0 Å². The summed E-state index contributed by atoms with van der Waals surface area (Å²) in [5.74, 6) is 0.860. The van der Waals surface area contributed by atoms with Crippen molar-refractivity contribution in [2.45, 2.75) is 6.92 Å². The zero-order valence-corrected chi connectivity index (χ0v) is 8.70. The third-order valence-corrected chi connectivity index (χ3v) is 2.89. The lowest BCUT2D eigenvalue weighted by Crippen LogP contribution is -2.05. The molecule has 0 radical (unpaired) electrons. The van der Waals surface area contributed by atoms with Gasteiger partial charge in [0.1, 0.15) is 5.82 Å². The molecule has 14 heavy (non-hydrogen) atoms. The number of hydrogen-bond acceptors (Lipinski definition) is 3. The second-order valence-corrected chi connectivity index (χ2v) is 4.21. The molecular formula is C10H11FN2S. The molecule has 0 fully saturated rings. The molecule has 0 atom stereocenters. The lowest BCUT2D eigenvalue weighted by atomic mass is 10.2. The number of hydrogen-bond donors (Lipinski definition) is 1. The number of halogens is 1. The Labute approximate surface area is 86.6 Å². The van der Waals surface area contributed by atoms with E-state index in [2.05, 4.69) is 10.3 Å². The molecule has 0 saturated carbocycles. The summed E-state index contributed by atoms with van der Waals surface area (Å²) in [5, 5.41) is 4.08. The zero-order valence-electron chi connectivity index (χ0n) is 7.88. The first kappa shape index (κ1) is 9.52. The lowest BCUT2D eigenvalue weighted by Gasteiger charge is -2.05. The molecule has 2 rings (SSSR count). The molecule has 1 aliphatic rings. The maximum absolute atomic E-state index is 12.9. The second-order valence-electron chi connectivity index (χ2n) is 3.12. The number of thioether (sulfide) groups is 1. The van der Waals surface area contributed by atoms with Crippen LogP contribution in [-0.2, 0) is 0 Å². The number of nitrogens with one attached hydrogen (secondary N) is 1. The van der Waals surface area contributed by atoms with Gasteiger partial charge in [0.25, 0.3) is 0 Å². The van der Waals surface area contributed by atoms with Crippen LogP contribution in [0.4, 0.5) is 10.1 Å². The molecule has 74 valence electrons. The van der Waals surface area contributed by atoms with Crippen molar-refractivity contribution in [2.75, 3.05) is 17.6 Å². The van der Waals surface area contributed by atoms with Crippen LogP contribution in [0.2, 0.25) is 0 Å². The fourth-order valence-electron chi connectivity index (χ4n) is 1.26. The van der Waals surface area contributed by atoms with Gasteiger partial charge in [-0.3, -0.25) is 4.99 Å². The third-order valence-electron chi connectivity index (χ3n) is 1.99. The lowest BCUT2D eigenvalue weighted by molar-refractivity contribution is 0.619. The van der Waals surface area contributed by atoms with Gasteiger partial charge >= 0.3 is 0 Å². The van der Waals surface area contributed by atoms with Crippen molar-refractivity contribution in [3.63, 3.8) is 0 Å². The number of rotatable bonds is 1. The zero-order chi connectivity index (χ0) is 9.97. The number of aliphatic imine (C=N–C) groups is 1. The van der Waals surface area contributed by atoms with Crippen molar-refractivity contribution in [1.29, 1.82) is 0 Å². The van der Waals surface area contributed by atoms with Gasteiger partial charge in [-0.05, 0) is 30.7 Å². The standard InChI is InChI=1S/C10H11FN2S/c1-7-6-8(2-3-9(7)11)13-10-12-4-5-14-10/h2-3,6H,4-5H2,1H3,(H,12,13). The molecule has 2 nitrogen and oxygen atoms in total.